The number of hydrogen-bond acceptors (Lipinski definition) is 4. The average Bonchev–Trinajstić information content (AvgIpc) is 3.18. The maximum atomic E-state index is 12.7. The third-order valence-corrected chi connectivity index (χ3v) is 4.50. The van der Waals surface area contributed by atoms with E-state index in [1.165, 1.54) is 0 Å². The highest BCUT2D eigenvalue weighted by Crippen LogP contribution is 2.22. The van der Waals surface area contributed by atoms with Crippen LogP contribution in [0.4, 0.5) is 0 Å². The van der Waals surface area contributed by atoms with Crippen molar-refractivity contribution in [3.63, 3.8) is 0 Å². The van der Waals surface area contributed by atoms with Gasteiger partial charge in [0.2, 0.25) is 5.91 Å². The van der Waals surface area contributed by atoms with Gasteiger partial charge < -0.3 is 9.64 Å². The van der Waals surface area contributed by atoms with Crippen LogP contribution in [0, 0.1) is 0 Å². The number of nitrogens with zero attached hydrogens (tertiary/aromatic N) is 4. The molecule has 1 aliphatic rings. The Bertz CT molecular complexity index is 864. The Balaban J connectivity index is 1.41. The van der Waals surface area contributed by atoms with Crippen LogP contribution >= 0.6 is 0 Å². The lowest BCUT2D eigenvalue weighted by Gasteiger charge is -2.33. The predicted octanol–water partition coefficient (Wildman–Crippen LogP) is 2.55. The van der Waals surface area contributed by atoms with Gasteiger partial charge in [0.05, 0.1) is 19.3 Å². The van der Waals surface area contributed by atoms with E-state index < -0.39 is 0 Å². The molecule has 0 bridgehead atoms. The average molecular weight is 348 g/mol. The summed E-state index contributed by atoms with van der Waals surface area (Å²) in [4.78, 5) is 14.5. The summed E-state index contributed by atoms with van der Waals surface area (Å²) in [5.74, 6) is 0.0266. The lowest BCUT2D eigenvalue weighted by Crippen LogP contribution is -2.43. The number of morpholine rings is 1. The fourth-order valence-corrected chi connectivity index (χ4v) is 3.10. The van der Waals surface area contributed by atoms with E-state index in [2.05, 4.69) is 10.3 Å². The summed E-state index contributed by atoms with van der Waals surface area (Å²) in [5.41, 5.74) is 2.85. The van der Waals surface area contributed by atoms with Crippen molar-refractivity contribution in [2.75, 3.05) is 19.7 Å². The first kappa shape index (κ1) is 16.5. The molecular formula is C20H20N4O2. The van der Waals surface area contributed by atoms with Gasteiger partial charge in [0.15, 0.2) is 0 Å². The van der Waals surface area contributed by atoms with Crippen molar-refractivity contribution in [3.05, 3.63) is 72.4 Å². The van der Waals surface area contributed by atoms with E-state index in [-0.39, 0.29) is 18.6 Å². The van der Waals surface area contributed by atoms with E-state index >= 15 is 0 Å². The van der Waals surface area contributed by atoms with Gasteiger partial charge in [-0.2, -0.15) is 0 Å². The van der Waals surface area contributed by atoms with Crippen LogP contribution in [-0.2, 0) is 16.1 Å². The Hall–Kier alpha value is -2.99. The summed E-state index contributed by atoms with van der Waals surface area (Å²) in [5, 5.41) is 8.26. The molecule has 0 N–H and O–H groups in total. The van der Waals surface area contributed by atoms with Crippen molar-refractivity contribution in [3.8, 4) is 11.3 Å². The van der Waals surface area contributed by atoms with E-state index in [0.29, 0.717) is 19.7 Å². The predicted molar refractivity (Wildman–Crippen MR) is 97.2 cm³/mol. The van der Waals surface area contributed by atoms with E-state index in [1.807, 2.05) is 71.8 Å². The highest BCUT2D eigenvalue weighted by atomic mass is 16.5. The second-order valence-corrected chi connectivity index (χ2v) is 6.28. The summed E-state index contributed by atoms with van der Waals surface area (Å²) >= 11 is 0. The standard InChI is InChI=1S/C20H20N4O2/c25-20(15-24-13-18(21-22-24)16-7-3-1-4-8-16)23-11-12-26-19(14-23)17-9-5-2-6-10-17/h1-10,13,19H,11-12,14-15H2. The second kappa shape index (κ2) is 7.49. The molecule has 1 unspecified atom stereocenters. The molecule has 132 valence electrons. The minimum Gasteiger partial charge on any atom is -0.370 e. The molecule has 2 aromatic carbocycles. The summed E-state index contributed by atoms with van der Waals surface area (Å²) in [6.45, 7) is 1.88. The molecule has 0 saturated carbocycles. The van der Waals surface area contributed by atoms with Crippen LogP contribution in [-0.4, -0.2) is 45.5 Å². The summed E-state index contributed by atoms with van der Waals surface area (Å²) in [7, 11) is 0. The molecule has 4 rings (SSSR count). The molecule has 6 heteroatoms. The van der Waals surface area contributed by atoms with Crippen LogP contribution in [0.2, 0.25) is 0 Å². The van der Waals surface area contributed by atoms with Crippen molar-refractivity contribution in [1.29, 1.82) is 0 Å². The minimum absolute atomic E-state index is 0.0266. The highest BCUT2D eigenvalue weighted by molar-refractivity contribution is 5.76. The SMILES string of the molecule is O=C(Cn1cc(-c2ccccc2)nn1)N1CCOC(c2ccccc2)C1. The van der Waals surface area contributed by atoms with E-state index in [9.17, 15) is 4.79 Å². The molecule has 1 aromatic heterocycles. The fraction of sp³-hybridized carbons (Fsp3) is 0.250. The molecule has 0 spiro atoms. The number of hydrogen-bond donors (Lipinski definition) is 0. The van der Waals surface area contributed by atoms with Gasteiger partial charge in [-0.1, -0.05) is 65.9 Å². The van der Waals surface area contributed by atoms with Gasteiger partial charge in [-0.05, 0) is 5.56 Å². The van der Waals surface area contributed by atoms with Crippen molar-refractivity contribution >= 4 is 5.91 Å². The first-order valence-electron chi connectivity index (χ1n) is 8.69. The Kier molecular flexibility index (Phi) is 4.75. The van der Waals surface area contributed by atoms with Gasteiger partial charge in [0.1, 0.15) is 18.3 Å². The van der Waals surface area contributed by atoms with Crippen LogP contribution < -0.4 is 0 Å². The highest BCUT2D eigenvalue weighted by Gasteiger charge is 2.25. The van der Waals surface area contributed by atoms with Crippen molar-refractivity contribution in [2.24, 2.45) is 0 Å². The van der Waals surface area contributed by atoms with Crippen LogP contribution in [0.1, 0.15) is 11.7 Å². The van der Waals surface area contributed by atoms with Crippen LogP contribution in [0.3, 0.4) is 0 Å². The minimum atomic E-state index is -0.0791. The maximum Gasteiger partial charge on any atom is 0.244 e. The molecule has 0 radical (unpaired) electrons. The monoisotopic (exact) mass is 348 g/mol. The Morgan fingerprint density at radius 2 is 1.81 bits per heavy atom. The van der Waals surface area contributed by atoms with Crippen molar-refractivity contribution < 1.29 is 9.53 Å². The van der Waals surface area contributed by atoms with Gasteiger partial charge in [0, 0.05) is 12.1 Å². The number of benzene rings is 2. The zero-order valence-corrected chi connectivity index (χ0v) is 14.4. The lowest BCUT2D eigenvalue weighted by atomic mass is 10.1. The summed E-state index contributed by atoms with van der Waals surface area (Å²) in [6, 6.07) is 19.8. The number of carbonyl (C=O) groups is 1. The zero-order valence-electron chi connectivity index (χ0n) is 14.4. The number of aromatic nitrogens is 3. The van der Waals surface area contributed by atoms with Gasteiger partial charge in [-0.15, -0.1) is 5.10 Å². The Morgan fingerprint density at radius 3 is 2.58 bits per heavy atom. The fourth-order valence-electron chi connectivity index (χ4n) is 3.10. The zero-order chi connectivity index (χ0) is 17.8. The molecule has 2 heterocycles. The molecular weight excluding hydrogens is 328 g/mol. The van der Waals surface area contributed by atoms with Gasteiger partial charge >= 0.3 is 0 Å². The first-order chi connectivity index (χ1) is 12.8. The molecule has 3 aromatic rings. The lowest BCUT2D eigenvalue weighted by molar-refractivity contribution is -0.139. The quantitative estimate of drug-likeness (QED) is 0.727. The third-order valence-electron chi connectivity index (χ3n) is 4.50. The molecule has 1 amide bonds. The van der Waals surface area contributed by atoms with Crippen LogP contribution in [0.25, 0.3) is 11.3 Å². The van der Waals surface area contributed by atoms with E-state index in [1.54, 1.807) is 4.68 Å². The molecule has 26 heavy (non-hydrogen) atoms. The maximum absolute atomic E-state index is 12.7. The smallest absolute Gasteiger partial charge is 0.244 e. The van der Waals surface area contributed by atoms with Crippen LogP contribution in [0.15, 0.2) is 66.9 Å². The van der Waals surface area contributed by atoms with Gasteiger partial charge in [0.25, 0.3) is 0 Å². The largest absolute Gasteiger partial charge is 0.370 e. The molecule has 6 nitrogen and oxygen atoms in total. The summed E-state index contributed by atoms with van der Waals surface area (Å²) in [6.07, 6.45) is 1.73. The van der Waals surface area contributed by atoms with Gasteiger partial charge in [-0.3, -0.25) is 4.79 Å². The number of ether oxygens (including phenoxy) is 1. The van der Waals surface area contributed by atoms with Crippen LogP contribution in [0.5, 0.6) is 0 Å². The van der Waals surface area contributed by atoms with Crippen molar-refractivity contribution in [2.45, 2.75) is 12.6 Å². The molecule has 1 atom stereocenters. The topological polar surface area (TPSA) is 60.2 Å². The third kappa shape index (κ3) is 3.65. The van der Waals surface area contributed by atoms with Crippen molar-refractivity contribution in [1.82, 2.24) is 19.9 Å². The summed E-state index contributed by atoms with van der Waals surface area (Å²) < 4.78 is 7.42. The molecule has 1 aliphatic heterocycles. The van der Waals surface area contributed by atoms with E-state index in [4.69, 9.17) is 4.74 Å². The Morgan fingerprint density at radius 1 is 1.08 bits per heavy atom. The molecule has 1 fully saturated rings. The van der Waals surface area contributed by atoms with E-state index in [0.717, 1.165) is 16.8 Å². The number of rotatable bonds is 4. The molecule has 1 saturated heterocycles. The number of carbonyl (C=O) groups excluding carboxylic acids is 1. The first-order valence-corrected chi connectivity index (χ1v) is 8.69. The normalized spacial score (nSPS) is 17.2. The van der Waals surface area contributed by atoms with Gasteiger partial charge in [-0.25, -0.2) is 4.68 Å². The second-order valence-electron chi connectivity index (χ2n) is 6.28. The molecule has 0 aliphatic carbocycles. The Labute approximate surface area is 152 Å². The number of amides is 1.